The maximum absolute atomic E-state index is 12.0. The predicted octanol–water partition coefficient (Wildman–Crippen LogP) is 2.36. The number of halogens is 8. The summed E-state index contributed by atoms with van der Waals surface area (Å²) in [6.45, 7) is 0. The van der Waals surface area contributed by atoms with Gasteiger partial charge in [0, 0.05) is 0 Å². The molecule has 0 heterocycles. The van der Waals surface area contributed by atoms with Gasteiger partial charge in [0.2, 0.25) is 6.17 Å². The molecule has 0 fully saturated rings. The number of alkyl halides is 8. The van der Waals surface area contributed by atoms with Crippen LogP contribution in [0.5, 0.6) is 0 Å². The molecule has 0 spiro atoms. The van der Waals surface area contributed by atoms with Crippen LogP contribution in [0.15, 0.2) is 0 Å². The summed E-state index contributed by atoms with van der Waals surface area (Å²) in [6.07, 6.45) is -12.2. The fourth-order valence-corrected chi connectivity index (χ4v) is 0.448. The maximum Gasteiger partial charge on any atom is 0.460 e. The monoisotopic (exact) mass is 230 g/mol. The lowest BCUT2D eigenvalue weighted by molar-refractivity contribution is -0.362. The van der Waals surface area contributed by atoms with E-state index in [1.54, 1.807) is 0 Å². The molecule has 1 nitrogen and oxygen atoms in total. The van der Waals surface area contributed by atoms with Crippen molar-refractivity contribution in [3.05, 3.63) is 0 Å². The summed E-state index contributed by atoms with van der Waals surface area (Å²) >= 11 is 0. The van der Waals surface area contributed by atoms with E-state index in [9.17, 15) is 39.9 Å². The van der Waals surface area contributed by atoms with E-state index in [4.69, 9.17) is 0 Å². The Balaban J connectivity index is 5.17. The summed E-state index contributed by atoms with van der Waals surface area (Å²) < 4.78 is 93.6. The van der Waals surface area contributed by atoms with Crippen molar-refractivity contribution in [1.82, 2.24) is 0 Å². The second-order valence-corrected chi connectivity index (χ2v) is 2.23. The highest BCUT2D eigenvalue weighted by Crippen LogP contribution is 2.48. The van der Waals surface area contributed by atoms with Gasteiger partial charge in [0.25, 0.3) is 0 Å². The molecule has 0 saturated heterocycles. The molecule has 14 heavy (non-hydrogen) atoms. The molecule has 84 valence electrons. The van der Waals surface area contributed by atoms with Crippen LogP contribution in [-0.4, -0.2) is 30.5 Å². The number of hydrogen-bond acceptors (Lipinski definition) is 1. The topological polar surface area (TPSA) is 17.1 Å². The first-order chi connectivity index (χ1) is 5.98. The Morgan fingerprint density at radius 2 is 1.29 bits per heavy atom. The van der Waals surface area contributed by atoms with E-state index in [1.165, 1.54) is 0 Å². The van der Waals surface area contributed by atoms with Crippen molar-refractivity contribution in [3.63, 3.8) is 0 Å². The van der Waals surface area contributed by atoms with Crippen LogP contribution in [0, 0.1) is 0 Å². The second-order valence-electron chi connectivity index (χ2n) is 2.23. The number of rotatable bonds is 3. The van der Waals surface area contributed by atoms with Crippen molar-refractivity contribution in [1.29, 1.82) is 0 Å². The van der Waals surface area contributed by atoms with Gasteiger partial charge < -0.3 is 0 Å². The summed E-state index contributed by atoms with van der Waals surface area (Å²) in [5, 5.41) is 0. The van der Waals surface area contributed by atoms with E-state index in [1.807, 2.05) is 0 Å². The minimum Gasteiger partial charge on any atom is -0.300 e. The molecular weight excluding hydrogens is 228 g/mol. The summed E-state index contributed by atoms with van der Waals surface area (Å²) in [7, 11) is 0. The number of hydrogen-bond donors (Lipinski definition) is 0. The Labute approximate surface area is 71.7 Å². The van der Waals surface area contributed by atoms with Crippen molar-refractivity contribution < 1.29 is 39.9 Å². The van der Waals surface area contributed by atoms with Gasteiger partial charge in [-0.25, -0.2) is 4.39 Å². The molecule has 0 bridgehead atoms. The molecule has 9 heteroatoms. The first-order valence-electron chi connectivity index (χ1n) is 2.90. The van der Waals surface area contributed by atoms with E-state index >= 15 is 0 Å². The normalized spacial score (nSPS) is 16.6. The van der Waals surface area contributed by atoms with Gasteiger partial charge in [-0.15, -0.1) is 0 Å². The zero-order chi connectivity index (χ0) is 11.8. The van der Waals surface area contributed by atoms with E-state index in [2.05, 4.69) is 0 Å². The minimum atomic E-state index is -6.62. The van der Waals surface area contributed by atoms with Crippen LogP contribution in [0.3, 0.4) is 0 Å². The minimum absolute atomic E-state index is 1.32. The van der Waals surface area contributed by atoms with Crippen LogP contribution in [-0.2, 0) is 4.79 Å². The summed E-state index contributed by atoms with van der Waals surface area (Å²) in [5.74, 6) is -12.7. The molecule has 0 aliphatic rings. The highest BCUT2D eigenvalue weighted by atomic mass is 19.4. The summed E-state index contributed by atoms with van der Waals surface area (Å²) in [4.78, 5) is 9.37. The Morgan fingerprint density at radius 1 is 0.929 bits per heavy atom. The molecule has 0 aromatic heterocycles. The lowest BCUT2D eigenvalue weighted by atomic mass is 10.1. The zero-order valence-electron chi connectivity index (χ0n) is 6.09. The van der Waals surface area contributed by atoms with Crippen molar-refractivity contribution >= 4 is 6.29 Å². The summed E-state index contributed by atoms with van der Waals surface area (Å²) in [5.41, 5.74) is 0. The van der Waals surface area contributed by atoms with Crippen molar-refractivity contribution in [2.75, 3.05) is 0 Å². The molecule has 0 N–H and O–H groups in total. The Hall–Kier alpha value is -0.890. The SMILES string of the molecule is O=C[C@@H](F)C(F)(F)C(F)(F)C(F)(F)F. The van der Waals surface area contributed by atoms with Crippen LogP contribution in [0.2, 0.25) is 0 Å². The first-order valence-corrected chi connectivity index (χ1v) is 2.90. The molecular formula is C5H2F8O. The van der Waals surface area contributed by atoms with Crippen LogP contribution < -0.4 is 0 Å². The average molecular weight is 230 g/mol. The highest BCUT2D eigenvalue weighted by molar-refractivity contribution is 5.58. The lowest BCUT2D eigenvalue weighted by Gasteiger charge is -2.28. The van der Waals surface area contributed by atoms with Gasteiger partial charge in [-0.3, -0.25) is 4.79 Å². The van der Waals surface area contributed by atoms with Gasteiger partial charge in [0.05, 0.1) is 0 Å². The van der Waals surface area contributed by atoms with Crippen LogP contribution >= 0.6 is 0 Å². The van der Waals surface area contributed by atoms with Gasteiger partial charge in [-0.2, -0.15) is 30.7 Å². The molecule has 0 aromatic carbocycles. The third-order valence-electron chi connectivity index (χ3n) is 1.24. The second kappa shape index (κ2) is 3.35. The van der Waals surface area contributed by atoms with Gasteiger partial charge in [-0.05, 0) is 0 Å². The summed E-state index contributed by atoms with van der Waals surface area (Å²) in [6, 6.07) is 0. The molecule has 0 amide bonds. The van der Waals surface area contributed by atoms with E-state index < -0.39 is 30.5 Å². The first kappa shape index (κ1) is 13.1. The standard InChI is InChI=1S/C5H2F8O/c6-2(1-14)3(7,8)4(9,10)5(11,12)13/h1-2H/t2-/m1/s1. The predicted molar refractivity (Wildman–Crippen MR) is 26.9 cm³/mol. The zero-order valence-corrected chi connectivity index (χ0v) is 6.09. The Bertz CT molecular complexity index is 218. The van der Waals surface area contributed by atoms with Gasteiger partial charge >= 0.3 is 18.0 Å². The average Bonchev–Trinajstić information content (AvgIpc) is 2.00. The molecule has 0 radical (unpaired) electrons. The quantitative estimate of drug-likeness (QED) is 0.537. The van der Waals surface area contributed by atoms with Crippen molar-refractivity contribution in [2.24, 2.45) is 0 Å². The number of carbonyl (C=O) groups is 1. The molecule has 0 unspecified atom stereocenters. The third-order valence-corrected chi connectivity index (χ3v) is 1.24. The van der Waals surface area contributed by atoms with E-state index in [-0.39, 0.29) is 0 Å². The molecule has 0 rings (SSSR count). The van der Waals surface area contributed by atoms with Gasteiger partial charge in [0.15, 0.2) is 6.29 Å². The molecule has 0 aliphatic heterocycles. The number of aldehydes is 1. The van der Waals surface area contributed by atoms with Crippen LogP contribution in [0.4, 0.5) is 35.1 Å². The Kier molecular flexibility index (Phi) is 3.14. The van der Waals surface area contributed by atoms with Gasteiger partial charge in [-0.1, -0.05) is 0 Å². The maximum atomic E-state index is 12.0. The van der Waals surface area contributed by atoms with Crippen molar-refractivity contribution in [2.45, 2.75) is 24.2 Å². The Morgan fingerprint density at radius 3 is 1.50 bits per heavy atom. The lowest BCUT2D eigenvalue weighted by Crippen LogP contribution is -2.57. The fraction of sp³-hybridized carbons (Fsp3) is 0.800. The largest absolute Gasteiger partial charge is 0.460 e. The van der Waals surface area contributed by atoms with Crippen LogP contribution in [0.25, 0.3) is 0 Å². The fourth-order valence-electron chi connectivity index (χ4n) is 0.448. The number of carbonyl (C=O) groups excluding carboxylic acids is 1. The third kappa shape index (κ3) is 1.80. The van der Waals surface area contributed by atoms with Crippen molar-refractivity contribution in [3.8, 4) is 0 Å². The molecule has 0 aromatic rings. The van der Waals surface area contributed by atoms with E-state index in [0.29, 0.717) is 0 Å². The van der Waals surface area contributed by atoms with Crippen LogP contribution in [0.1, 0.15) is 0 Å². The molecule has 0 saturated carbocycles. The molecule has 0 aliphatic carbocycles. The molecule has 1 atom stereocenters. The smallest absolute Gasteiger partial charge is 0.300 e. The van der Waals surface area contributed by atoms with Gasteiger partial charge in [0.1, 0.15) is 0 Å². The highest BCUT2D eigenvalue weighted by Gasteiger charge is 2.76. The van der Waals surface area contributed by atoms with E-state index in [0.717, 1.165) is 0 Å².